The maximum atomic E-state index is 2.38. The molecule has 0 bridgehead atoms. The molecule has 8 aromatic rings. The van der Waals surface area contributed by atoms with Crippen LogP contribution in [0.3, 0.4) is 0 Å². The second kappa shape index (κ2) is 9.81. The second-order valence-electron chi connectivity index (χ2n) is 12.4. The molecule has 0 aromatic heterocycles. The summed E-state index contributed by atoms with van der Waals surface area (Å²) in [5.74, 6) is 0. The Hall–Kier alpha value is -5.37. The van der Waals surface area contributed by atoms with E-state index in [1.54, 1.807) is 0 Å². The van der Waals surface area contributed by atoms with Gasteiger partial charge in [0.05, 0.1) is 5.41 Å². The second-order valence-corrected chi connectivity index (χ2v) is 13.5. The Morgan fingerprint density at radius 1 is 0.370 bits per heavy atom. The third kappa shape index (κ3) is 3.47. The fourth-order valence-corrected chi connectivity index (χ4v) is 9.39. The minimum absolute atomic E-state index is 0.421. The van der Waals surface area contributed by atoms with Gasteiger partial charge in [-0.25, -0.2) is 0 Å². The molecule has 1 unspecified atom stereocenters. The molecule has 1 heterocycles. The van der Waals surface area contributed by atoms with Crippen molar-refractivity contribution in [1.82, 2.24) is 0 Å². The Bertz CT molecular complexity index is 2490. The highest BCUT2D eigenvalue weighted by molar-refractivity contribution is 7.99. The van der Waals surface area contributed by atoms with Crippen molar-refractivity contribution in [3.8, 4) is 33.4 Å². The highest BCUT2D eigenvalue weighted by atomic mass is 32.2. The number of hydrogen-bond donors (Lipinski definition) is 0. The quantitative estimate of drug-likeness (QED) is 0.194. The molecule has 0 saturated carbocycles. The summed E-state index contributed by atoms with van der Waals surface area (Å²) in [5, 5.41) is 5.26. The first-order valence-electron chi connectivity index (χ1n) is 15.9. The lowest BCUT2D eigenvalue weighted by molar-refractivity contribution is 0.769. The highest BCUT2D eigenvalue weighted by Gasteiger charge is 2.46. The van der Waals surface area contributed by atoms with Crippen molar-refractivity contribution < 1.29 is 0 Å². The SMILES string of the molecule is c1ccc(C2(c3ccc(-c4ccc5c6c(cccc46)-c4ccccc4S5)cc3)c3ccccc3-c3c2ccc2ccccc32)cc1. The van der Waals surface area contributed by atoms with Gasteiger partial charge in [-0.2, -0.15) is 0 Å². The maximum Gasteiger partial charge on any atom is 0.0713 e. The minimum Gasteiger partial charge on any atom is -0.0888 e. The van der Waals surface area contributed by atoms with Gasteiger partial charge in [-0.15, -0.1) is 0 Å². The predicted octanol–water partition coefficient (Wildman–Crippen LogP) is 12.2. The van der Waals surface area contributed by atoms with E-state index in [1.165, 1.54) is 87.0 Å². The summed E-state index contributed by atoms with van der Waals surface area (Å²) in [6.45, 7) is 0. The molecule has 1 aliphatic carbocycles. The van der Waals surface area contributed by atoms with Crippen LogP contribution < -0.4 is 0 Å². The average Bonchev–Trinajstić information content (AvgIpc) is 3.44. The van der Waals surface area contributed by atoms with E-state index in [2.05, 4.69) is 170 Å². The monoisotopic (exact) mass is 600 g/mol. The molecule has 8 aromatic carbocycles. The third-order valence-electron chi connectivity index (χ3n) is 10.2. The van der Waals surface area contributed by atoms with Crippen LogP contribution in [-0.2, 0) is 5.41 Å². The van der Waals surface area contributed by atoms with Gasteiger partial charge in [0.1, 0.15) is 0 Å². The summed E-state index contributed by atoms with van der Waals surface area (Å²) < 4.78 is 0. The van der Waals surface area contributed by atoms with Gasteiger partial charge in [0.15, 0.2) is 0 Å². The van der Waals surface area contributed by atoms with Crippen LogP contribution in [0.5, 0.6) is 0 Å². The van der Waals surface area contributed by atoms with E-state index < -0.39 is 5.41 Å². The smallest absolute Gasteiger partial charge is 0.0713 e. The topological polar surface area (TPSA) is 0 Å². The van der Waals surface area contributed by atoms with Crippen molar-refractivity contribution in [2.75, 3.05) is 0 Å². The summed E-state index contributed by atoms with van der Waals surface area (Å²) in [6, 6.07) is 63.2. The largest absolute Gasteiger partial charge is 0.0888 e. The van der Waals surface area contributed by atoms with Gasteiger partial charge < -0.3 is 0 Å². The molecule has 10 rings (SSSR count). The van der Waals surface area contributed by atoms with Crippen LogP contribution >= 0.6 is 11.8 Å². The number of fused-ring (bicyclic) bond motifs is 7. The van der Waals surface area contributed by atoms with E-state index in [-0.39, 0.29) is 0 Å². The number of hydrogen-bond acceptors (Lipinski definition) is 1. The normalized spacial score (nSPS) is 15.8. The van der Waals surface area contributed by atoms with Crippen LogP contribution in [0, 0.1) is 0 Å². The summed E-state index contributed by atoms with van der Waals surface area (Å²) in [5.41, 5.74) is 12.7. The summed E-state index contributed by atoms with van der Waals surface area (Å²) >= 11 is 1.88. The Labute approximate surface area is 273 Å². The van der Waals surface area contributed by atoms with E-state index in [0.717, 1.165) is 0 Å². The fourth-order valence-electron chi connectivity index (χ4n) is 8.26. The minimum atomic E-state index is -0.421. The molecule has 1 heteroatoms. The molecule has 0 spiro atoms. The molecular formula is C45H28S. The Morgan fingerprint density at radius 2 is 1.07 bits per heavy atom. The molecule has 1 atom stereocenters. The third-order valence-corrected chi connectivity index (χ3v) is 11.3. The first-order valence-corrected chi connectivity index (χ1v) is 16.8. The maximum absolute atomic E-state index is 2.38. The molecule has 0 radical (unpaired) electrons. The van der Waals surface area contributed by atoms with Crippen LogP contribution in [-0.4, -0.2) is 0 Å². The van der Waals surface area contributed by atoms with Gasteiger partial charge in [0.25, 0.3) is 0 Å². The van der Waals surface area contributed by atoms with Crippen LogP contribution in [0.1, 0.15) is 22.3 Å². The van der Waals surface area contributed by atoms with Crippen LogP contribution in [0.15, 0.2) is 180 Å². The molecule has 214 valence electrons. The van der Waals surface area contributed by atoms with Crippen molar-refractivity contribution in [3.63, 3.8) is 0 Å². The van der Waals surface area contributed by atoms with Crippen LogP contribution in [0.25, 0.3) is 54.9 Å². The van der Waals surface area contributed by atoms with Crippen molar-refractivity contribution in [3.05, 3.63) is 192 Å². The molecule has 0 N–H and O–H groups in total. The number of benzene rings is 8. The molecule has 0 saturated heterocycles. The molecule has 0 amide bonds. The van der Waals surface area contributed by atoms with Gasteiger partial charge in [-0.3, -0.25) is 0 Å². The van der Waals surface area contributed by atoms with Crippen LogP contribution in [0.2, 0.25) is 0 Å². The lowest BCUT2D eigenvalue weighted by atomic mass is 9.67. The van der Waals surface area contributed by atoms with Crippen molar-refractivity contribution in [2.45, 2.75) is 15.2 Å². The highest BCUT2D eigenvalue weighted by Crippen LogP contribution is 2.58. The lowest BCUT2D eigenvalue weighted by Crippen LogP contribution is -2.28. The first kappa shape index (κ1) is 25.9. The van der Waals surface area contributed by atoms with E-state index >= 15 is 0 Å². The van der Waals surface area contributed by atoms with Crippen molar-refractivity contribution >= 4 is 33.3 Å². The lowest BCUT2D eigenvalue weighted by Gasteiger charge is -2.34. The van der Waals surface area contributed by atoms with E-state index in [0.29, 0.717) is 0 Å². The molecule has 0 nitrogen and oxygen atoms in total. The van der Waals surface area contributed by atoms with Gasteiger partial charge >= 0.3 is 0 Å². The summed E-state index contributed by atoms with van der Waals surface area (Å²) in [7, 11) is 0. The zero-order valence-corrected chi connectivity index (χ0v) is 25.9. The Kier molecular flexibility index (Phi) is 5.53. The van der Waals surface area contributed by atoms with E-state index in [4.69, 9.17) is 0 Å². The zero-order valence-electron chi connectivity index (χ0n) is 25.1. The molecule has 2 aliphatic rings. The predicted molar refractivity (Wildman–Crippen MR) is 194 cm³/mol. The Balaban J connectivity index is 1.20. The van der Waals surface area contributed by atoms with Crippen molar-refractivity contribution in [2.24, 2.45) is 0 Å². The zero-order chi connectivity index (χ0) is 30.2. The number of rotatable bonds is 3. The summed E-state index contributed by atoms with van der Waals surface area (Å²) in [6.07, 6.45) is 0. The van der Waals surface area contributed by atoms with Crippen LogP contribution in [0.4, 0.5) is 0 Å². The summed E-state index contributed by atoms with van der Waals surface area (Å²) in [4.78, 5) is 2.66. The first-order chi connectivity index (χ1) is 22.8. The standard InChI is InChI=1S/C45H28S/c1-2-12-31(13-3-1)45(39-19-8-6-16-38(39)43-34-14-5-4-11-29(34)23-27-40(43)45)32-24-21-30(22-25-32)33-26-28-42-44-36(33)17-10-18-37(44)35-15-7-9-20-41(35)46-42/h1-28H. The average molecular weight is 601 g/mol. The van der Waals surface area contributed by atoms with Gasteiger partial charge in [0, 0.05) is 15.2 Å². The van der Waals surface area contributed by atoms with Crippen molar-refractivity contribution in [1.29, 1.82) is 0 Å². The molecule has 46 heavy (non-hydrogen) atoms. The van der Waals surface area contributed by atoms with E-state index in [9.17, 15) is 0 Å². The van der Waals surface area contributed by atoms with E-state index in [1.807, 2.05) is 11.8 Å². The van der Waals surface area contributed by atoms with Gasteiger partial charge in [0.2, 0.25) is 0 Å². The Morgan fingerprint density at radius 3 is 1.96 bits per heavy atom. The molecule has 0 fully saturated rings. The fraction of sp³-hybridized carbons (Fsp3) is 0.0222. The van der Waals surface area contributed by atoms with Gasteiger partial charge in [-0.05, 0) is 83.9 Å². The molecule has 1 aliphatic heterocycles. The van der Waals surface area contributed by atoms with Gasteiger partial charge in [-0.1, -0.05) is 169 Å². The molecular weight excluding hydrogens is 573 g/mol.